The lowest BCUT2D eigenvalue weighted by atomic mass is 10.2. The molecule has 0 spiro atoms. The molecule has 2 rings (SSSR count). The van der Waals surface area contributed by atoms with Gasteiger partial charge in [-0.1, -0.05) is 6.92 Å². The third kappa shape index (κ3) is 2.58. The fraction of sp³-hybridized carbons (Fsp3) is 0.364. The van der Waals surface area contributed by atoms with Crippen molar-refractivity contribution < 1.29 is 4.39 Å². The smallest absolute Gasteiger partial charge is 0.220 e. The number of nitrogens with zero attached hydrogens (tertiary/aromatic N) is 4. The Kier molecular flexibility index (Phi) is 3.32. The fourth-order valence-corrected chi connectivity index (χ4v) is 1.64. The molecule has 17 heavy (non-hydrogen) atoms. The second kappa shape index (κ2) is 4.90. The molecule has 0 fully saturated rings. The summed E-state index contributed by atoms with van der Waals surface area (Å²) in [4.78, 5) is 11.7. The second-order valence-corrected chi connectivity index (χ2v) is 3.74. The van der Waals surface area contributed by atoms with Crippen LogP contribution in [0.5, 0.6) is 0 Å². The van der Waals surface area contributed by atoms with E-state index in [0.717, 1.165) is 25.0 Å². The normalized spacial score (nSPS) is 10.7. The van der Waals surface area contributed by atoms with Gasteiger partial charge in [0.2, 0.25) is 5.95 Å². The van der Waals surface area contributed by atoms with Gasteiger partial charge in [0.25, 0.3) is 0 Å². The quantitative estimate of drug-likeness (QED) is 0.869. The van der Waals surface area contributed by atoms with E-state index in [9.17, 15) is 4.39 Å². The van der Waals surface area contributed by atoms with Crippen LogP contribution in [0.25, 0.3) is 0 Å². The summed E-state index contributed by atoms with van der Waals surface area (Å²) in [7, 11) is 0. The molecule has 5 nitrogen and oxygen atoms in total. The molecule has 0 saturated carbocycles. The van der Waals surface area contributed by atoms with Crippen LogP contribution in [0.1, 0.15) is 24.9 Å². The van der Waals surface area contributed by atoms with Crippen LogP contribution in [0.2, 0.25) is 0 Å². The Balaban J connectivity index is 2.25. The average molecular weight is 235 g/mol. The molecule has 2 aromatic rings. The Morgan fingerprint density at radius 2 is 2.24 bits per heavy atom. The minimum absolute atomic E-state index is 0.0787. The molecular formula is C11H14FN5. The van der Waals surface area contributed by atoms with Gasteiger partial charge in [-0.3, -0.25) is 0 Å². The number of aromatic nitrogens is 4. The molecular weight excluding hydrogens is 221 g/mol. The molecule has 0 atom stereocenters. The predicted molar refractivity (Wildman–Crippen MR) is 61.7 cm³/mol. The van der Waals surface area contributed by atoms with Gasteiger partial charge in [-0.15, -0.1) is 0 Å². The number of aryl methyl sites for hydroxylation is 1. The van der Waals surface area contributed by atoms with E-state index >= 15 is 0 Å². The fourth-order valence-electron chi connectivity index (χ4n) is 1.64. The minimum Gasteiger partial charge on any atom is -0.368 e. The third-order valence-corrected chi connectivity index (χ3v) is 2.43. The van der Waals surface area contributed by atoms with Gasteiger partial charge in [0, 0.05) is 18.9 Å². The highest BCUT2D eigenvalue weighted by molar-refractivity contribution is 5.21. The van der Waals surface area contributed by atoms with E-state index in [-0.39, 0.29) is 11.6 Å². The van der Waals surface area contributed by atoms with E-state index in [2.05, 4.69) is 21.9 Å². The van der Waals surface area contributed by atoms with Crippen LogP contribution in [0, 0.1) is 5.82 Å². The van der Waals surface area contributed by atoms with E-state index in [4.69, 9.17) is 5.73 Å². The Hall–Kier alpha value is -1.98. The summed E-state index contributed by atoms with van der Waals surface area (Å²) in [6.45, 7) is 2.94. The molecule has 6 heteroatoms. The first-order valence-corrected chi connectivity index (χ1v) is 5.47. The first-order valence-electron chi connectivity index (χ1n) is 5.47. The van der Waals surface area contributed by atoms with Gasteiger partial charge in [0.05, 0.1) is 18.3 Å². The van der Waals surface area contributed by atoms with Gasteiger partial charge >= 0.3 is 0 Å². The van der Waals surface area contributed by atoms with Crippen molar-refractivity contribution in [1.82, 2.24) is 19.5 Å². The molecule has 2 heterocycles. The second-order valence-electron chi connectivity index (χ2n) is 3.74. The van der Waals surface area contributed by atoms with Crippen LogP contribution < -0.4 is 5.73 Å². The minimum atomic E-state index is -0.453. The summed E-state index contributed by atoms with van der Waals surface area (Å²) >= 11 is 0. The Morgan fingerprint density at radius 3 is 3.00 bits per heavy atom. The van der Waals surface area contributed by atoms with E-state index in [0.29, 0.717) is 6.42 Å². The maximum atomic E-state index is 13.5. The largest absolute Gasteiger partial charge is 0.368 e. The van der Waals surface area contributed by atoms with Crippen molar-refractivity contribution >= 4 is 5.95 Å². The Morgan fingerprint density at radius 1 is 1.41 bits per heavy atom. The van der Waals surface area contributed by atoms with Crippen LogP contribution in [-0.4, -0.2) is 19.5 Å². The average Bonchev–Trinajstić information content (AvgIpc) is 2.72. The van der Waals surface area contributed by atoms with Crippen molar-refractivity contribution in [2.45, 2.75) is 26.3 Å². The van der Waals surface area contributed by atoms with Crippen LogP contribution >= 0.6 is 0 Å². The van der Waals surface area contributed by atoms with Gasteiger partial charge in [0.15, 0.2) is 5.82 Å². The van der Waals surface area contributed by atoms with E-state index in [1.807, 2.05) is 10.8 Å². The maximum Gasteiger partial charge on any atom is 0.220 e. The van der Waals surface area contributed by atoms with Crippen molar-refractivity contribution in [3.63, 3.8) is 0 Å². The van der Waals surface area contributed by atoms with Gasteiger partial charge in [-0.2, -0.15) is 0 Å². The zero-order valence-electron chi connectivity index (χ0n) is 9.60. The first-order chi connectivity index (χ1) is 8.20. The summed E-state index contributed by atoms with van der Waals surface area (Å²) < 4.78 is 15.4. The molecule has 90 valence electrons. The molecule has 2 N–H and O–H groups in total. The number of imidazole rings is 1. The standard InChI is InChI=1S/C11H14FN5/c1-2-4-17-5-3-14-10(17)6-9-8(12)7-15-11(13)16-9/h3,5,7H,2,4,6H2,1H3,(H2,13,15,16). The number of nitrogen functional groups attached to an aromatic ring is 1. The van der Waals surface area contributed by atoms with Crippen LogP contribution in [0.15, 0.2) is 18.6 Å². The van der Waals surface area contributed by atoms with Crippen molar-refractivity contribution in [3.05, 3.63) is 35.9 Å². The number of hydrogen-bond acceptors (Lipinski definition) is 4. The summed E-state index contributed by atoms with van der Waals surface area (Å²) in [6, 6.07) is 0. The Bertz CT molecular complexity index is 508. The van der Waals surface area contributed by atoms with Gasteiger partial charge < -0.3 is 10.3 Å². The molecule has 0 saturated heterocycles. The highest BCUT2D eigenvalue weighted by Gasteiger charge is 2.10. The molecule has 2 aromatic heterocycles. The number of halogens is 1. The van der Waals surface area contributed by atoms with Crippen LogP contribution in [0.3, 0.4) is 0 Å². The van der Waals surface area contributed by atoms with E-state index < -0.39 is 5.82 Å². The van der Waals surface area contributed by atoms with Gasteiger partial charge in [-0.25, -0.2) is 19.3 Å². The van der Waals surface area contributed by atoms with Crippen molar-refractivity contribution in [2.75, 3.05) is 5.73 Å². The molecule has 0 radical (unpaired) electrons. The van der Waals surface area contributed by atoms with Crippen molar-refractivity contribution in [2.24, 2.45) is 0 Å². The monoisotopic (exact) mass is 235 g/mol. The number of nitrogens with two attached hydrogens (primary N) is 1. The van der Waals surface area contributed by atoms with Gasteiger partial charge in [-0.05, 0) is 6.42 Å². The van der Waals surface area contributed by atoms with Gasteiger partial charge in [0.1, 0.15) is 5.82 Å². The zero-order chi connectivity index (χ0) is 12.3. The molecule has 0 bridgehead atoms. The van der Waals surface area contributed by atoms with Crippen molar-refractivity contribution in [1.29, 1.82) is 0 Å². The molecule has 0 aromatic carbocycles. The van der Waals surface area contributed by atoms with E-state index in [1.165, 1.54) is 0 Å². The lowest BCUT2D eigenvalue weighted by molar-refractivity contribution is 0.586. The maximum absolute atomic E-state index is 13.5. The number of hydrogen-bond donors (Lipinski definition) is 1. The summed E-state index contributed by atoms with van der Waals surface area (Å²) in [6.07, 6.45) is 5.99. The lowest BCUT2D eigenvalue weighted by Gasteiger charge is -2.06. The highest BCUT2D eigenvalue weighted by Crippen LogP contribution is 2.10. The summed E-state index contributed by atoms with van der Waals surface area (Å²) in [5, 5.41) is 0. The SMILES string of the molecule is CCCn1ccnc1Cc1nc(N)ncc1F. The lowest BCUT2D eigenvalue weighted by Crippen LogP contribution is -2.08. The molecule has 0 aliphatic rings. The topological polar surface area (TPSA) is 69.6 Å². The van der Waals surface area contributed by atoms with Crippen molar-refractivity contribution in [3.8, 4) is 0 Å². The van der Waals surface area contributed by atoms with Crippen LogP contribution in [-0.2, 0) is 13.0 Å². The van der Waals surface area contributed by atoms with Crippen LogP contribution in [0.4, 0.5) is 10.3 Å². The number of anilines is 1. The third-order valence-electron chi connectivity index (χ3n) is 2.43. The zero-order valence-corrected chi connectivity index (χ0v) is 9.60. The predicted octanol–water partition coefficient (Wildman–Crippen LogP) is 1.40. The Labute approximate surface area is 98.5 Å². The number of rotatable bonds is 4. The highest BCUT2D eigenvalue weighted by atomic mass is 19.1. The molecule has 0 unspecified atom stereocenters. The van der Waals surface area contributed by atoms with E-state index in [1.54, 1.807) is 6.20 Å². The summed E-state index contributed by atoms with van der Waals surface area (Å²) in [5.74, 6) is 0.407. The summed E-state index contributed by atoms with van der Waals surface area (Å²) in [5.41, 5.74) is 5.72. The molecule has 0 aliphatic carbocycles. The molecule has 0 amide bonds. The molecule has 0 aliphatic heterocycles. The first kappa shape index (κ1) is 11.5.